The van der Waals surface area contributed by atoms with Crippen LogP contribution in [0.2, 0.25) is 0 Å². The number of aliphatic hydroxyl groups excluding tert-OH is 2. The van der Waals surface area contributed by atoms with E-state index in [1.807, 2.05) is 117 Å². The van der Waals surface area contributed by atoms with E-state index in [1.165, 1.54) is 0 Å². The van der Waals surface area contributed by atoms with Crippen molar-refractivity contribution < 1.29 is 34.0 Å². The van der Waals surface area contributed by atoms with Crippen molar-refractivity contribution in [1.82, 2.24) is 15.5 Å². The highest BCUT2D eigenvalue weighted by molar-refractivity contribution is 5.80. The summed E-state index contributed by atoms with van der Waals surface area (Å²) in [5.74, 6) is -0.486. The molecule has 10 nitrogen and oxygen atoms in total. The van der Waals surface area contributed by atoms with Gasteiger partial charge in [-0.3, -0.25) is 9.69 Å². The maximum Gasteiger partial charge on any atom is 0.325 e. The number of benzene rings is 4. The first-order chi connectivity index (χ1) is 24.2. The number of hydrogen-bond acceptors (Lipinski definition) is 8. The lowest BCUT2D eigenvalue weighted by molar-refractivity contribution is -0.253. The second-order valence-electron chi connectivity index (χ2n) is 12.5. The number of urea groups is 1. The normalized spacial score (nSPS) is 18.6. The first kappa shape index (κ1) is 36.7. The summed E-state index contributed by atoms with van der Waals surface area (Å²) in [5, 5.41) is 25.9. The van der Waals surface area contributed by atoms with Crippen molar-refractivity contribution in [3.8, 4) is 11.1 Å². The van der Waals surface area contributed by atoms with Gasteiger partial charge in [-0.15, -0.1) is 0 Å². The lowest BCUT2D eigenvalue weighted by Crippen LogP contribution is -2.43. The van der Waals surface area contributed by atoms with Crippen molar-refractivity contribution in [2.75, 3.05) is 26.7 Å². The van der Waals surface area contributed by atoms with Gasteiger partial charge in [-0.1, -0.05) is 97.1 Å². The monoisotopic (exact) mass is 681 g/mol. The van der Waals surface area contributed by atoms with E-state index >= 15 is 0 Å². The van der Waals surface area contributed by atoms with Gasteiger partial charge < -0.3 is 35.1 Å². The number of rotatable bonds is 14. The standard InChI is InChI=1S/C40H47N3O7/c1-4-48-37(45)24-42-40(47)41-23-29-9-8-12-34(21-29)30-17-19-33(20-18-30)39-49-35(22-36(50-39)31-15-13-28(26-44)14-16-31)25-43(3)27(2)38(46)32-10-6-5-7-11-32/h5-21,27,35-36,38-39,44,46H,4,22-26H2,1-3H3,(H2,41,42,47)/t27-,35-,36+,38-,39+/m1/s1. The maximum absolute atomic E-state index is 12.1. The minimum atomic E-state index is -0.644. The minimum absolute atomic E-state index is 0.0230. The summed E-state index contributed by atoms with van der Waals surface area (Å²) in [5.41, 5.74) is 6.49. The zero-order chi connectivity index (χ0) is 35.5. The average molecular weight is 682 g/mol. The molecule has 0 aliphatic carbocycles. The number of ether oxygens (including phenoxy) is 3. The Kier molecular flexibility index (Phi) is 13.1. The Hall–Kier alpha value is -4.58. The third-order valence-electron chi connectivity index (χ3n) is 8.99. The predicted octanol–water partition coefficient (Wildman–Crippen LogP) is 5.81. The number of aliphatic hydroxyl groups is 2. The lowest BCUT2D eigenvalue weighted by atomic mass is 9.98. The number of carbonyl (C=O) groups is 2. The van der Waals surface area contributed by atoms with Gasteiger partial charge in [-0.25, -0.2) is 4.79 Å². The van der Waals surface area contributed by atoms with E-state index in [-0.39, 0.29) is 38.0 Å². The van der Waals surface area contributed by atoms with Gasteiger partial charge in [0.2, 0.25) is 0 Å². The van der Waals surface area contributed by atoms with Gasteiger partial charge in [0.1, 0.15) is 6.54 Å². The highest BCUT2D eigenvalue weighted by Crippen LogP contribution is 2.39. The summed E-state index contributed by atoms with van der Waals surface area (Å²) in [6.45, 7) is 4.67. The van der Waals surface area contributed by atoms with Crippen LogP contribution in [-0.4, -0.2) is 66.0 Å². The molecular weight excluding hydrogens is 634 g/mol. The van der Waals surface area contributed by atoms with Crippen LogP contribution >= 0.6 is 0 Å². The van der Waals surface area contributed by atoms with E-state index in [1.54, 1.807) is 6.92 Å². The van der Waals surface area contributed by atoms with Gasteiger partial charge in [0.05, 0.1) is 31.5 Å². The number of hydrogen-bond donors (Lipinski definition) is 4. The largest absolute Gasteiger partial charge is 0.465 e. The molecule has 10 heteroatoms. The van der Waals surface area contributed by atoms with Crippen LogP contribution in [0.15, 0.2) is 103 Å². The van der Waals surface area contributed by atoms with Crippen LogP contribution in [0, 0.1) is 0 Å². The highest BCUT2D eigenvalue weighted by atomic mass is 16.7. The van der Waals surface area contributed by atoms with E-state index in [9.17, 15) is 19.8 Å². The zero-order valence-corrected chi connectivity index (χ0v) is 28.8. The van der Waals surface area contributed by atoms with Crippen LogP contribution in [-0.2, 0) is 32.2 Å². The van der Waals surface area contributed by atoms with Gasteiger partial charge in [0.25, 0.3) is 0 Å². The Morgan fingerprint density at radius 2 is 1.60 bits per heavy atom. The molecule has 4 N–H and O–H groups in total. The fourth-order valence-corrected chi connectivity index (χ4v) is 5.99. The molecule has 0 aromatic heterocycles. The summed E-state index contributed by atoms with van der Waals surface area (Å²) in [4.78, 5) is 25.8. The first-order valence-electron chi connectivity index (χ1n) is 17.0. The summed E-state index contributed by atoms with van der Waals surface area (Å²) < 4.78 is 18.0. The lowest BCUT2D eigenvalue weighted by Gasteiger charge is -2.39. The molecule has 2 amide bonds. The molecule has 1 fully saturated rings. The number of amides is 2. The van der Waals surface area contributed by atoms with Crippen LogP contribution in [0.25, 0.3) is 11.1 Å². The molecule has 4 aromatic rings. The van der Waals surface area contributed by atoms with E-state index in [4.69, 9.17) is 14.2 Å². The predicted molar refractivity (Wildman–Crippen MR) is 191 cm³/mol. The Labute approximate surface area is 294 Å². The molecule has 264 valence electrons. The molecule has 1 heterocycles. The van der Waals surface area contributed by atoms with Crippen LogP contribution in [0.4, 0.5) is 4.79 Å². The van der Waals surface area contributed by atoms with Gasteiger partial charge in [-0.05, 0) is 60.3 Å². The molecule has 1 saturated heterocycles. The van der Waals surface area contributed by atoms with Gasteiger partial charge in [-0.2, -0.15) is 0 Å². The van der Waals surface area contributed by atoms with Crippen molar-refractivity contribution in [2.24, 2.45) is 0 Å². The molecule has 1 aliphatic rings. The summed E-state index contributed by atoms with van der Waals surface area (Å²) in [6, 6.07) is 32.9. The Bertz CT molecular complexity index is 1670. The molecule has 5 rings (SSSR count). The molecule has 0 saturated carbocycles. The Balaban J connectivity index is 1.27. The highest BCUT2D eigenvalue weighted by Gasteiger charge is 2.34. The van der Waals surface area contributed by atoms with Gasteiger partial charge in [0.15, 0.2) is 6.29 Å². The van der Waals surface area contributed by atoms with E-state index in [0.29, 0.717) is 19.5 Å². The molecular formula is C40H47N3O7. The smallest absolute Gasteiger partial charge is 0.325 e. The fraction of sp³-hybridized carbons (Fsp3) is 0.350. The van der Waals surface area contributed by atoms with Crippen molar-refractivity contribution in [2.45, 2.75) is 64.1 Å². The zero-order valence-electron chi connectivity index (χ0n) is 28.8. The van der Waals surface area contributed by atoms with E-state index in [0.717, 1.165) is 38.9 Å². The van der Waals surface area contributed by atoms with Crippen molar-refractivity contribution in [1.29, 1.82) is 0 Å². The summed E-state index contributed by atoms with van der Waals surface area (Å²) in [7, 11) is 2.00. The number of carbonyl (C=O) groups excluding carboxylic acids is 2. The molecule has 0 bridgehead atoms. The molecule has 50 heavy (non-hydrogen) atoms. The van der Waals surface area contributed by atoms with Crippen LogP contribution in [0.3, 0.4) is 0 Å². The summed E-state index contributed by atoms with van der Waals surface area (Å²) >= 11 is 0. The van der Waals surface area contributed by atoms with Gasteiger partial charge >= 0.3 is 12.0 Å². The van der Waals surface area contributed by atoms with Crippen molar-refractivity contribution >= 4 is 12.0 Å². The topological polar surface area (TPSA) is 130 Å². The Morgan fingerprint density at radius 3 is 2.30 bits per heavy atom. The second kappa shape index (κ2) is 17.9. The molecule has 0 spiro atoms. The number of esters is 1. The van der Waals surface area contributed by atoms with Crippen LogP contribution in [0.5, 0.6) is 0 Å². The van der Waals surface area contributed by atoms with Crippen molar-refractivity contribution in [3.63, 3.8) is 0 Å². The van der Waals surface area contributed by atoms with E-state index in [2.05, 4.69) is 15.5 Å². The molecule has 0 radical (unpaired) electrons. The van der Waals surface area contributed by atoms with Crippen LogP contribution in [0.1, 0.15) is 66.6 Å². The summed E-state index contributed by atoms with van der Waals surface area (Å²) in [6.07, 6.45) is -1.03. The number of nitrogens with one attached hydrogen (secondary N) is 2. The third-order valence-corrected chi connectivity index (χ3v) is 8.99. The second-order valence-corrected chi connectivity index (χ2v) is 12.5. The molecule has 4 aromatic carbocycles. The number of nitrogens with zero attached hydrogens (tertiary/aromatic N) is 1. The van der Waals surface area contributed by atoms with Crippen molar-refractivity contribution in [3.05, 3.63) is 131 Å². The van der Waals surface area contributed by atoms with E-state index < -0.39 is 24.4 Å². The first-order valence-corrected chi connectivity index (χ1v) is 17.0. The quantitative estimate of drug-likeness (QED) is 0.123. The fourth-order valence-electron chi connectivity index (χ4n) is 5.99. The number of likely N-dealkylation sites (N-methyl/N-ethyl adjacent to an activating group) is 1. The van der Waals surface area contributed by atoms with Gasteiger partial charge in [0, 0.05) is 31.1 Å². The SMILES string of the molecule is CCOC(=O)CNC(=O)NCc1cccc(-c2ccc([C@H]3O[C@@H](CN(C)[C@H](C)[C@@H](O)c4ccccc4)C[C@@H](c4ccc(CO)cc4)O3)cc2)c1. The minimum Gasteiger partial charge on any atom is -0.465 e. The molecule has 0 unspecified atom stereocenters. The molecule has 1 aliphatic heterocycles. The average Bonchev–Trinajstić information content (AvgIpc) is 3.16. The Morgan fingerprint density at radius 1 is 0.880 bits per heavy atom. The third kappa shape index (κ3) is 9.99. The van der Waals surface area contributed by atoms with Crippen LogP contribution < -0.4 is 10.6 Å². The molecule has 5 atom stereocenters. The maximum atomic E-state index is 12.1.